The lowest BCUT2D eigenvalue weighted by atomic mass is 9.83. The van der Waals surface area contributed by atoms with Crippen LogP contribution in [0.3, 0.4) is 0 Å². The van der Waals surface area contributed by atoms with Crippen molar-refractivity contribution in [1.82, 2.24) is 0 Å². The highest BCUT2D eigenvalue weighted by molar-refractivity contribution is 5.83. The summed E-state index contributed by atoms with van der Waals surface area (Å²) in [5.74, 6) is 0.353. The van der Waals surface area contributed by atoms with Gasteiger partial charge < -0.3 is 5.11 Å². The summed E-state index contributed by atoms with van der Waals surface area (Å²) >= 11 is 0. The van der Waals surface area contributed by atoms with E-state index in [2.05, 4.69) is 6.92 Å². The molecule has 1 aliphatic carbocycles. The van der Waals surface area contributed by atoms with Crippen molar-refractivity contribution in [1.29, 1.82) is 0 Å². The second-order valence-corrected chi connectivity index (χ2v) is 6.18. The van der Waals surface area contributed by atoms with E-state index in [4.69, 9.17) is 0 Å². The van der Waals surface area contributed by atoms with E-state index in [1.165, 1.54) is 51.4 Å². The van der Waals surface area contributed by atoms with Crippen LogP contribution >= 0.6 is 0 Å². The Morgan fingerprint density at radius 1 is 1.00 bits per heavy atom. The van der Waals surface area contributed by atoms with Gasteiger partial charge >= 0.3 is 0 Å². The molecule has 0 spiro atoms. The first-order valence-corrected chi connectivity index (χ1v) is 8.46. The molecule has 0 amide bonds. The maximum absolute atomic E-state index is 11.9. The van der Waals surface area contributed by atoms with E-state index in [1.54, 1.807) is 0 Å². The Bertz CT molecular complexity index is 231. The van der Waals surface area contributed by atoms with Crippen LogP contribution in [0, 0.1) is 5.92 Å². The van der Waals surface area contributed by atoms with Gasteiger partial charge in [0.25, 0.3) is 0 Å². The normalized spacial score (nSPS) is 18.4. The lowest BCUT2D eigenvalue weighted by molar-refractivity contribution is -0.130. The molecule has 1 aliphatic rings. The maximum atomic E-state index is 11.9. The van der Waals surface area contributed by atoms with E-state index in [0.29, 0.717) is 6.42 Å². The van der Waals surface area contributed by atoms with E-state index >= 15 is 0 Å². The number of unbranched alkanes of at least 4 members (excludes halogenated alkanes) is 6. The summed E-state index contributed by atoms with van der Waals surface area (Å²) in [6.07, 6.45) is 14.3. The van der Waals surface area contributed by atoms with Crippen LogP contribution in [0.1, 0.15) is 90.4 Å². The lowest BCUT2D eigenvalue weighted by Gasteiger charge is -2.25. The Balaban J connectivity index is 2.03. The van der Waals surface area contributed by atoms with Gasteiger partial charge in [0.05, 0.1) is 0 Å². The average Bonchev–Trinajstić information content (AvgIpc) is 2.46. The summed E-state index contributed by atoms with van der Waals surface area (Å²) in [5.41, 5.74) is 0. The molecule has 0 radical (unpaired) electrons. The molecule has 0 heterocycles. The first-order valence-electron chi connectivity index (χ1n) is 8.46. The number of aliphatic hydroxyl groups is 1. The van der Waals surface area contributed by atoms with E-state index in [1.807, 2.05) is 0 Å². The predicted molar refractivity (Wildman–Crippen MR) is 80.2 cm³/mol. The van der Waals surface area contributed by atoms with Crippen LogP contribution in [0.4, 0.5) is 0 Å². The van der Waals surface area contributed by atoms with Gasteiger partial charge in [-0.15, -0.1) is 0 Å². The van der Waals surface area contributed by atoms with Crippen molar-refractivity contribution in [2.45, 2.75) is 96.5 Å². The van der Waals surface area contributed by atoms with Crippen LogP contribution in [-0.2, 0) is 4.79 Å². The summed E-state index contributed by atoms with van der Waals surface area (Å²) < 4.78 is 0. The quantitative estimate of drug-likeness (QED) is 0.586. The summed E-state index contributed by atoms with van der Waals surface area (Å²) in [4.78, 5) is 11.9. The number of hydrogen-bond donors (Lipinski definition) is 1. The van der Waals surface area contributed by atoms with Crippen molar-refractivity contribution in [3.8, 4) is 0 Å². The Hall–Kier alpha value is -0.370. The first kappa shape index (κ1) is 16.7. The number of aliphatic hydroxyl groups excluding tert-OH is 1. The van der Waals surface area contributed by atoms with Crippen molar-refractivity contribution in [2.24, 2.45) is 5.92 Å². The minimum Gasteiger partial charge on any atom is -0.385 e. The molecule has 1 N–H and O–H groups in total. The minimum atomic E-state index is -0.666. The second kappa shape index (κ2) is 10.4. The van der Waals surface area contributed by atoms with Crippen LogP contribution in [0.2, 0.25) is 0 Å². The van der Waals surface area contributed by atoms with Crippen molar-refractivity contribution in [3.05, 3.63) is 0 Å². The summed E-state index contributed by atoms with van der Waals surface area (Å²) in [6.45, 7) is 2.23. The van der Waals surface area contributed by atoms with Crippen molar-refractivity contribution < 1.29 is 9.90 Å². The van der Waals surface area contributed by atoms with Gasteiger partial charge in [-0.05, 0) is 25.2 Å². The van der Waals surface area contributed by atoms with Gasteiger partial charge in [0.1, 0.15) is 6.10 Å². The van der Waals surface area contributed by atoms with E-state index in [0.717, 1.165) is 25.7 Å². The van der Waals surface area contributed by atoms with Gasteiger partial charge in [0, 0.05) is 6.42 Å². The Kier molecular flexibility index (Phi) is 9.15. The fraction of sp³-hybridized carbons (Fsp3) is 0.941. The minimum absolute atomic E-state index is 0.0976. The third kappa shape index (κ3) is 7.10. The van der Waals surface area contributed by atoms with Crippen LogP contribution in [-0.4, -0.2) is 17.0 Å². The van der Waals surface area contributed by atoms with Crippen LogP contribution in [0.5, 0.6) is 0 Å². The number of Topliss-reactive ketones (excluding diaryl/α,β-unsaturated/α-hetero) is 1. The molecule has 0 saturated heterocycles. The molecule has 1 atom stereocenters. The van der Waals surface area contributed by atoms with Crippen LogP contribution < -0.4 is 0 Å². The number of hydrogen-bond acceptors (Lipinski definition) is 2. The number of rotatable bonds is 10. The highest BCUT2D eigenvalue weighted by Gasteiger charge is 2.26. The summed E-state index contributed by atoms with van der Waals surface area (Å²) in [6, 6.07) is 0. The second-order valence-electron chi connectivity index (χ2n) is 6.18. The fourth-order valence-electron chi connectivity index (χ4n) is 3.12. The monoisotopic (exact) mass is 268 g/mol. The largest absolute Gasteiger partial charge is 0.385 e. The maximum Gasteiger partial charge on any atom is 0.161 e. The molecule has 1 rings (SSSR count). The molecule has 0 aromatic heterocycles. The Morgan fingerprint density at radius 3 is 2.21 bits per heavy atom. The molecule has 1 fully saturated rings. The van der Waals surface area contributed by atoms with Gasteiger partial charge in [-0.25, -0.2) is 0 Å². The van der Waals surface area contributed by atoms with Crippen LogP contribution in [0.25, 0.3) is 0 Å². The van der Waals surface area contributed by atoms with Crippen molar-refractivity contribution >= 4 is 5.78 Å². The number of carbonyl (C=O) groups is 1. The standard InChI is InChI=1S/C17H32O2/c1-2-3-4-5-6-7-11-14-16(18)17(19)15-12-9-8-10-13-15/h15,17,19H,2-14H2,1H3. The molecule has 0 bridgehead atoms. The predicted octanol–water partition coefficient (Wildman–Crippen LogP) is 4.64. The van der Waals surface area contributed by atoms with Crippen molar-refractivity contribution in [3.63, 3.8) is 0 Å². The highest BCUT2D eigenvalue weighted by atomic mass is 16.3. The molecule has 1 unspecified atom stereocenters. The number of carbonyl (C=O) groups excluding carboxylic acids is 1. The van der Waals surface area contributed by atoms with E-state index < -0.39 is 6.10 Å². The third-order valence-corrected chi connectivity index (χ3v) is 4.45. The molecule has 19 heavy (non-hydrogen) atoms. The van der Waals surface area contributed by atoms with Gasteiger partial charge in [0.2, 0.25) is 0 Å². The van der Waals surface area contributed by atoms with Gasteiger partial charge in [0.15, 0.2) is 5.78 Å². The first-order chi connectivity index (χ1) is 9.25. The molecule has 2 heteroatoms. The summed E-state index contributed by atoms with van der Waals surface area (Å²) in [7, 11) is 0. The molecule has 0 aromatic rings. The van der Waals surface area contributed by atoms with Crippen LogP contribution in [0.15, 0.2) is 0 Å². The molecular weight excluding hydrogens is 236 g/mol. The fourth-order valence-corrected chi connectivity index (χ4v) is 3.12. The zero-order valence-electron chi connectivity index (χ0n) is 12.7. The third-order valence-electron chi connectivity index (χ3n) is 4.45. The molecule has 0 aromatic carbocycles. The molecular formula is C17H32O2. The van der Waals surface area contributed by atoms with E-state index in [-0.39, 0.29) is 11.7 Å². The molecule has 0 aliphatic heterocycles. The molecule has 1 saturated carbocycles. The number of ketones is 1. The van der Waals surface area contributed by atoms with Gasteiger partial charge in [-0.3, -0.25) is 4.79 Å². The zero-order valence-corrected chi connectivity index (χ0v) is 12.7. The lowest BCUT2D eigenvalue weighted by Crippen LogP contribution is -2.30. The van der Waals surface area contributed by atoms with E-state index in [9.17, 15) is 9.90 Å². The SMILES string of the molecule is CCCCCCCCCC(=O)C(O)C1CCCCC1. The van der Waals surface area contributed by atoms with Crippen molar-refractivity contribution in [2.75, 3.05) is 0 Å². The van der Waals surface area contributed by atoms with Gasteiger partial charge in [-0.1, -0.05) is 64.7 Å². The van der Waals surface area contributed by atoms with Gasteiger partial charge in [-0.2, -0.15) is 0 Å². The molecule has 112 valence electrons. The molecule has 2 nitrogen and oxygen atoms in total. The Labute approximate surface area is 119 Å². The smallest absolute Gasteiger partial charge is 0.161 e. The average molecular weight is 268 g/mol. The summed E-state index contributed by atoms with van der Waals surface area (Å²) in [5, 5.41) is 10.1. The highest BCUT2D eigenvalue weighted by Crippen LogP contribution is 2.27. The topological polar surface area (TPSA) is 37.3 Å². The zero-order chi connectivity index (χ0) is 13.9. The Morgan fingerprint density at radius 2 is 1.58 bits per heavy atom.